The van der Waals surface area contributed by atoms with Gasteiger partial charge >= 0.3 is 5.97 Å². The average molecular weight is 305 g/mol. The topological polar surface area (TPSA) is 136 Å². The van der Waals surface area contributed by atoms with Crippen molar-refractivity contribution in [2.75, 3.05) is 13.2 Å². The first-order valence-corrected chi connectivity index (χ1v) is 6.41. The van der Waals surface area contributed by atoms with Gasteiger partial charge in [0.25, 0.3) is 5.91 Å². The summed E-state index contributed by atoms with van der Waals surface area (Å²) in [6.45, 7) is -1.05. The highest BCUT2D eigenvalue weighted by atomic mass is 16.4. The number of amidine groups is 1. The van der Waals surface area contributed by atoms with Crippen molar-refractivity contribution in [2.45, 2.75) is 6.04 Å². The number of aliphatic hydroxyl groups excluding tert-OH is 1. The number of aromatic hydroxyl groups is 1. The number of carboxylic acids is 1. The molecule has 1 atom stereocenters. The Morgan fingerprint density at radius 1 is 1.36 bits per heavy atom. The molecule has 0 unspecified atom stereocenters. The van der Waals surface area contributed by atoms with E-state index in [1.165, 1.54) is 18.2 Å². The number of nitrogens with two attached hydrogens (primary N) is 1. The maximum absolute atomic E-state index is 12.2. The number of carboxylic acid groups (broad SMARTS) is 1. The van der Waals surface area contributed by atoms with Crippen LogP contribution in [0.5, 0.6) is 5.75 Å². The Kier molecular flexibility index (Phi) is 4.54. The number of phenolic OH excluding ortho intramolecular Hbond substituents is 1. The first kappa shape index (κ1) is 15.7. The number of carbonyl (C=O) groups is 2. The first-order valence-electron chi connectivity index (χ1n) is 6.41. The van der Waals surface area contributed by atoms with Crippen molar-refractivity contribution in [2.24, 2.45) is 10.7 Å². The fourth-order valence-corrected chi connectivity index (χ4v) is 1.95. The summed E-state index contributed by atoms with van der Waals surface area (Å²) in [7, 11) is 0. The lowest BCUT2D eigenvalue weighted by atomic mass is 10.2. The lowest BCUT2D eigenvalue weighted by Crippen LogP contribution is -2.47. The zero-order valence-corrected chi connectivity index (χ0v) is 11.5. The summed E-state index contributed by atoms with van der Waals surface area (Å²) in [6.07, 6.45) is 1.45. The Bertz CT molecular complexity index is 651. The number of phenols is 1. The minimum absolute atomic E-state index is 0.0138. The molecule has 0 bridgehead atoms. The van der Waals surface area contributed by atoms with Crippen molar-refractivity contribution in [1.29, 1.82) is 0 Å². The molecule has 1 amide bonds. The Morgan fingerprint density at radius 3 is 2.55 bits per heavy atom. The maximum atomic E-state index is 12.2. The fraction of sp³-hybridized carbons (Fsp3) is 0.214. The van der Waals surface area contributed by atoms with Gasteiger partial charge in [0.15, 0.2) is 0 Å². The number of aliphatic hydroxyl groups is 1. The molecular formula is C14H15N3O5. The molecule has 0 spiro atoms. The van der Waals surface area contributed by atoms with Gasteiger partial charge in [-0.05, 0) is 23.8 Å². The molecule has 1 aromatic rings. The van der Waals surface area contributed by atoms with Gasteiger partial charge in [-0.3, -0.25) is 14.5 Å². The third kappa shape index (κ3) is 3.30. The molecule has 0 aromatic heterocycles. The Labute approximate surface area is 125 Å². The lowest BCUT2D eigenvalue weighted by Gasteiger charge is -2.18. The van der Waals surface area contributed by atoms with E-state index >= 15 is 0 Å². The van der Waals surface area contributed by atoms with Crippen LogP contribution in [-0.4, -0.2) is 57.1 Å². The van der Waals surface area contributed by atoms with E-state index in [2.05, 4.69) is 4.99 Å². The second-order valence-electron chi connectivity index (χ2n) is 4.67. The van der Waals surface area contributed by atoms with Gasteiger partial charge < -0.3 is 21.1 Å². The number of rotatable bonds is 5. The molecule has 0 saturated heterocycles. The predicted molar refractivity (Wildman–Crippen MR) is 77.9 cm³/mol. The SMILES string of the molecule is N[C@@H](CO)C1=N/C(=C\c2ccc(O)cc2)C(=O)N1CC(=O)O. The standard InChI is InChI=1S/C14H15N3O5/c15-10(7-18)13-16-11(14(22)17(13)6-12(20)21)5-8-1-3-9(19)4-2-8/h1-5,10,18-19H,6-7,15H2,(H,20,21)/b11-5-/t10-/m0/s1. The van der Waals surface area contributed by atoms with E-state index in [1.807, 2.05) is 0 Å². The lowest BCUT2D eigenvalue weighted by molar-refractivity contribution is -0.140. The highest BCUT2D eigenvalue weighted by Gasteiger charge is 2.34. The van der Waals surface area contributed by atoms with Gasteiger partial charge in [0.1, 0.15) is 23.8 Å². The van der Waals surface area contributed by atoms with Gasteiger partial charge in [0, 0.05) is 0 Å². The van der Waals surface area contributed by atoms with Crippen LogP contribution in [0.2, 0.25) is 0 Å². The van der Waals surface area contributed by atoms with E-state index in [0.717, 1.165) is 4.90 Å². The first-order chi connectivity index (χ1) is 10.4. The summed E-state index contributed by atoms with van der Waals surface area (Å²) in [5.74, 6) is -1.72. The second kappa shape index (κ2) is 6.37. The maximum Gasteiger partial charge on any atom is 0.323 e. The highest BCUT2D eigenvalue weighted by molar-refractivity contribution is 6.16. The van der Waals surface area contributed by atoms with Crippen molar-refractivity contribution in [3.63, 3.8) is 0 Å². The van der Waals surface area contributed by atoms with Crippen molar-refractivity contribution in [3.05, 3.63) is 35.5 Å². The van der Waals surface area contributed by atoms with E-state index < -0.39 is 31.1 Å². The van der Waals surface area contributed by atoms with Crippen LogP contribution in [0.15, 0.2) is 35.0 Å². The Morgan fingerprint density at radius 2 is 2.00 bits per heavy atom. The minimum Gasteiger partial charge on any atom is -0.508 e. The zero-order chi connectivity index (χ0) is 16.3. The van der Waals surface area contributed by atoms with Gasteiger partial charge in [-0.1, -0.05) is 12.1 Å². The summed E-state index contributed by atoms with van der Waals surface area (Å²) >= 11 is 0. The molecule has 1 aliphatic heterocycles. The molecule has 8 nitrogen and oxygen atoms in total. The third-order valence-electron chi connectivity index (χ3n) is 2.99. The van der Waals surface area contributed by atoms with Gasteiger partial charge in [0.2, 0.25) is 0 Å². The zero-order valence-electron chi connectivity index (χ0n) is 11.5. The van der Waals surface area contributed by atoms with Crippen LogP contribution in [0.25, 0.3) is 6.08 Å². The van der Waals surface area contributed by atoms with E-state index in [1.54, 1.807) is 12.1 Å². The summed E-state index contributed by atoms with van der Waals surface area (Å²) < 4.78 is 0. The smallest absolute Gasteiger partial charge is 0.323 e. The molecule has 116 valence electrons. The van der Waals surface area contributed by atoms with E-state index in [9.17, 15) is 14.7 Å². The summed E-state index contributed by atoms with van der Waals surface area (Å²) in [6, 6.07) is 5.11. The summed E-state index contributed by atoms with van der Waals surface area (Å²) in [5, 5.41) is 27.2. The number of amides is 1. The Balaban J connectivity index is 2.36. The number of carbonyl (C=O) groups excluding carboxylic acids is 1. The summed E-state index contributed by atoms with van der Waals surface area (Å²) in [4.78, 5) is 28.1. The average Bonchev–Trinajstić information content (AvgIpc) is 2.77. The van der Waals surface area contributed by atoms with Gasteiger partial charge in [-0.25, -0.2) is 4.99 Å². The van der Waals surface area contributed by atoms with Crippen LogP contribution in [0, 0.1) is 0 Å². The molecule has 22 heavy (non-hydrogen) atoms. The van der Waals surface area contributed by atoms with Crippen molar-refractivity contribution in [3.8, 4) is 5.75 Å². The monoisotopic (exact) mass is 305 g/mol. The van der Waals surface area contributed by atoms with Gasteiger partial charge in [-0.2, -0.15) is 0 Å². The molecule has 0 radical (unpaired) electrons. The number of hydrogen-bond donors (Lipinski definition) is 4. The number of aliphatic imine (C=N–C) groups is 1. The van der Waals surface area contributed by atoms with Crippen molar-refractivity contribution in [1.82, 2.24) is 4.90 Å². The van der Waals surface area contributed by atoms with Crippen LogP contribution < -0.4 is 5.73 Å². The molecule has 1 aliphatic rings. The molecule has 2 rings (SSSR count). The molecule has 5 N–H and O–H groups in total. The third-order valence-corrected chi connectivity index (χ3v) is 2.99. The van der Waals surface area contributed by atoms with E-state index in [-0.39, 0.29) is 17.3 Å². The van der Waals surface area contributed by atoms with Crippen LogP contribution in [0.3, 0.4) is 0 Å². The van der Waals surface area contributed by atoms with E-state index in [4.69, 9.17) is 15.9 Å². The predicted octanol–water partition coefficient (Wildman–Crippen LogP) is -0.622. The van der Waals surface area contributed by atoms with Gasteiger partial charge in [0.05, 0.1) is 12.6 Å². The molecule has 1 aromatic carbocycles. The van der Waals surface area contributed by atoms with Crippen LogP contribution in [0.4, 0.5) is 0 Å². The molecule has 0 saturated carbocycles. The molecule has 0 aliphatic carbocycles. The largest absolute Gasteiger partial charge is 0.508 e. The van der Waals surface area contributed by atoms with E-state index in [0.29, 0.717) is 5.56 Å². The van der Waals surface area contributed by atoms with Crippen LogP contribution in [-0.2, 0) is 9.59 Å². The number of benzene rings is 1. The minimum atomic E-state index is -1.21. The normalized spacial score (nSPS) is 17.7. The summed E-state index contributed by atoms with van der Waals surface area (Å²) in [5.41, 5.74) is 6.28. The molecular weight excluding hydrogens is 290 g/mol. The van der Waals surface area contributed by atoms with Crippen molar-refractivity contribution >= 4 is 23.8 Å². The number of nitrogens with zero attached hydrogens (tertiary/aromatic N) is 2. The Hall–Kier alpha value is -2.71. The number of hydrogen-bond acceptors (Lipinski definition) is 6. The molecule has 0 fully saturated rings. The molecule has 8 heteroatoms. The van der Waals surface area contributed by atoms with Crippen LogP contribution in [0.1, 0.15) is 5.56 Å². The number of aliphatic carboxylic acids is 1. The fourth-order valence-electron chi connectivity index (χ4n) is 1.95. The highest BCUT2D eigenvalue weighted by Crippen LogP contribution is 2.20. The quantitative estimate of drug-likeness (QED) is 0.535. The van der Waals surface area contributed by atoms with Crippen molar-refractivity contribution < 1.29 is 24.9 Å². The second-order valence-corrected chi connectivity index (χ2v) is 4.67. The van der Waals surface area contributed by atoms with Gasteiger partial charge in [-0.15, -0.1) is 0 Å². The molecule has 1 heterocycles. The van der Waals surface area contributed by atoms with Crippen LogP contribution >= 0.6 is 0 Å².